The minimum atomic E-state index is -1.48. The maximum Gasteiger partial charge on any atom is 0.374 e. The number of carbonyl (C=O) groups is 2. The van der Waals surface area contributed by atoms with E-state index in [1.165, 1.54) is 0 Å². The Labute approximate surface area is 112 Å². The molecule has 0 aliphatic carbocycles. The highest BCUT2D eigenvalue weighted by Crippen LogP contribution is 2.27. The van der Waals surface area contributed by atoms with Crippen molar-refractivity contribution in [3.63, 3.8) is 0 Å². The smallest absolute Gasteiger partial charge is 0.374 e. The highest BCUT2D eigenvalue weighted by molar-refractivity contribution is 6.30. The number of oxazole rings is 1. The van der Waals surface area contributed by atoms with Crippen molar-refractivity contribution in [2.45, 2.75) is 6.92 Å². The van der Waals surface area contributed by atoms with Crippen molar-refractivity contribution in [2.75, 3.05) is 0 Å². The average Bonchev–Trinajstić information content (AvgIpc) is 2.73. The van der Waals surface area contributed by atoms with Crippen LogP contribution < -0.4 is 0 Å². The lowest BCUT2D eigenvalue weighted by molar-refractivity contribution is 0.0624. The van der Waals surface area contributed by atoms with Crippen molar-refractivity contribution >= 4 is 23.5 Å². The second-order valence-corrected chi connectivity index (χ2v) is 4.20. The molecule has 0 fully saturated rings. The fraction of sp³-hybridized carbons (Fsp3) is 0.0833. The Morgan fingerprint density at radius 3 is 2.42 bits per heavy atom. The molecule has 0 radical (unpaired) electrons. The Morgan fingerprint density at radius 2 is 1.95 bits per heavy atom. The number of hydrogen-bond acceptors (Lipinski definition) is 4. The quantitative estimate of drug-likeness (QED) is 0.897. The molecule has 0 aliphatic rings. The van der Waals surface area contributed by atoms with Gasteiger partial charge in [0.2, 0.25) is 17.3 Å². The Balaban J connectivity index is 2.60. The van der Waals surface area contributed by atoms with Crippen LogP contribution in [0.15, 0.2) is 22.6 Å². The molecule has 2 rings (SSSR count). The van der Waals surface area contributed by atoms with Crippen molar-refractivity contribution in [3.8, 4) is 11.5 Å². The van der Waals surface area contributed by atoms with Crippen LogP contribution in [0.25, 0.3) is 11.5 Å². The third-order valence-electron chi connectivity index (χ3n) is 2.44. The van der Waals surface area contributed by atoms with Crippen LogP contribution in [0.3, 0.4) is 0 Å². The van der Waals surface area contributed by atoms with E-state index in [0.717, 1.165) is 0 Å². The molecule has 0 amide bonds. The normalized spacial score (nSPS) is 10.4. The van der Waals surface area contributed by atoms with Gasteiger partial charge in [-0.2, -0.15) is 0 Å². The van der Waals surface area contributed by atoms with Crippen molar-refractivity contribution in [2.24, 2.45) is 0 Å². The van der Waals surface area contributed by atoms with Gasteiger partial charge in [-0.1, -0.05) is 11.6 Å². The number of aryl methyl sites for hydroxylation is 1. The van der Waals surface area contributed by atoms with Crippen LogP contribution in [0.1, 0.15) is 26.6 Å². The number of rotatable bonds is 3. The minimum absolute atomic E-state index is 0.0658. The van der Waals surface area contributed by atoms with Crippen LogP contribution in [-0.2, 0) is 0 Å². The van der Waals surface area contributed by atoms with Crippen LogP contribution in [0, 0.1) is 6.92 Å². The van der Waals surface area contributed by atoms with Gasteiger partial charge in [0.25, 0.3) is 0 Å². The summed E-state index contributed by atoms with van der Waals surface area (Å²) in [5.74, 6) is -3.71. The van der Waals surface area contributed by atoms with Gasteiger partial charge in [0.1, 0.15) is 0 Å². The molecule has 1 aromatic carbocycles. The number of hydrogen-bond donors (Lipinski definition) is 2. The van der Waals surface area contributed by atoms with Gasteiger partial charge in [-0.05, 0) is 30.7 Å². The number of nitrogens with zero attached hydrogens (tertiary/aromatic N) is 1. The first kappa shape index (κ1) is 13.1. The van der Waals surface area contributed by atoms with E-state index in [2.05, 4.69) is 4.98 Å². The standard InChI is InChI=1S/C12H8ClNO5/c1-5-4-6(13)2-3-7(5)10-14-8(11(15)16)9(19-10)12(17)18/h2-4H,1H3,(H,15,16)(H,17,18). The van der Waals surface area contributed by atoms with Crippen molar-refractivity contribution < 1.29 is 24.2 Å². The first-order valence-corrected chi connectivity index (χ1v) is 5.52. The summed E-state index contributed by atoms with van der Waals surface area (Å²) in [5.41, 5.74) is 0.555. The number of halogens is 1. The van der Waals surface area contributed by atoms with Gasteiger partial charge in [-0.3, -0.25) is 0 Å². The zero-order valence-electron chi connectivity index (χ0n) is 9.68. The topological polar surface area (TPSA) is 101 Å². The number of aromatic nitrogens is 1. The predicted octanol–water partition coefficient (Wildman–Crippen LogP) is 2.70. The fourth-order valence-corrected chi connectivity index (χ4v) is 1.82. The first-order chi connectivity index (χ1) is 8.90. The third-order valence-corrected chi connectivity index (χ3v) is 2.68. The lowest BCUT2D eigenvalue weighted by atomic mass is 10.1. The molecule has 0 atom stereocenters. The van der Waals surface area contributed by atoms with E-state index in [4.69, 9.17) is 26.2 Å². The summed E-state index contributed by atoms with van der Waals surface area (Å²) in [5, 5.41) is 18.3. The Morgan fingerprint density at radius 1 is 1.26 bits per heavy atom. The second-order valence-electron chi connectivity index (χ2n) is 3.77. The summed E-state index contributed by atoms with van der Waals surface area (Å²) in [6, 6.07) is 4.80. The van der Waals surface area contributed by atoms with Gasteiger partial charge < -0.3 is 14.6 Å². The maximum atomic E-state index is 10.9. The average molecular weight is 282 g/mol. The summed E-state index contributed by atoms with van der Waals surface area (Å²) in [4.78, 5) is 25.5. The number of benzene rings is 1. The lowest BCUT2D eigenvalue weighted by Gasteiger charge is -2.01. The number of carboxylic acids is 2. The van der Waals surface area contributed by atoms with Gasteiger partial charge in [0, 0.05) is 10.6 Å². The van der Waals surface area contributed by atoms with E-state index in [-0.39, 0.29) is 5.89 Å². The monoisotopic (exact) mass is 281 g/mol. The van der Waals surface area contributed by atoms with Gasteiger partial charge in [0.15, 0.2) is 0 Å². The highest BCUT2D eigenvalue weighted by Gasteiger charge is 2.25. The van der Waals surface area contributed by atoms with Crippen molar-refractivity contribution in [3.05, 3.63) is 40.2 Å². The predicted molar refractivity (Wildman–Crippen MR) is 65.6 cm³/mol. The molecule has 98 valence electrons. The van der Waals surface area contributed by atoms with E-state index >= 15 is 0 Å². The zero-order valence-corrected chi connectivity index (χ0v) is 10.4. The Bertz CT molecular complexity index is 645. The molecule has 1 heterocycles. The second kappa shape index (κ2) is 4.74. The molecular weight excluding hydrogens is 274 g/mol. The molecule has 0 spiro atoms. The van der Waals surface area contributed by atoms with Gasteiger partial charge >= 0.3 is 11.9 Å². The van der Waals surface area contributed by atoms with E-state index in [9.17, 15) is 9.59 Å². The molecule has 0 bridgehead atoms. The molecule has 2 N–H and O–H groups in total. The van der Waals surface area contributed by atoms with Gasteiger partial charge in [-0.25, -0.2) is 14.6 Å². The molecule has 0 saturated heterocycles. The minimum Gasteiger partial charge on any atom is -0.476 e. The molecule has 6 nitrogen and oxygen atoms in total. The molecule has 1 aromatic heterocycles. The van der Waals surface area contributed by atoms with E-state index < -0.39 is 23.4 Å². The first-order valence-electron chi connectivity index (χ1n) is 5.14. The van der Waals surface area contributed by atoms with E-state index in [1.807, 2.05) is 0 Å². The third kappa shape index (κ3) is 2.43. The molecular formula is C12H8ClNO5. The van der Waals surface area contributed by atoms with Crippen LogP contribution >= 0.6 is 11.6 Å². The summed E-state index contributed by atoms with van der Waals surface area (Å²) in [7, 11) is 0. The largest absolute Gasteiger partial charge is 0.476 e. The Kier molecular flexibility index (Phi) is 3.26. The van der Waals surface area contributed by atoms with Crippen LogP contribution in [0.5, 0.6) is 0 Å². The maximum absolute atomic E-state index is 10.9. The van der Waals surface area contributed by atoms with Crippen LogP contribution in [0.2, 0.25) is 5.02 Å². The molecule has 0 aliphatic heterocycles. The van der Waals surface area contributed by atoms with Crippen LogP contribution in [-0.4, -0.2) is 27.1 Å². The SMILES string of the molecule is Cc1cc(Cl)ccc1-c1nc(C(=O)O)c(C(=O)O)o1. The highest BCUT2D eigenvalue weighted by atomic mass is 35.5. The van der Waals surface area contributed by atoms with E-state index in [0.29, 0.717) is 16.1 Å². The molecule has 7 heteroatoms. The summed E-state index contributed by atoms with van der Waals surface area (Å²) < 4.78 is 5.01. The fourth-order valence-electron chi connectivity index (χ4n) is 1.59. The summed E-state index contributed by atoms with van der Waals surface area (Å²) in [6.07, 6.45) is 0. The summed E-state index contributed by atoms with van der Waals surface area (Å²) in [6.45, 7) is 1.73. The van der Waals surface area contributed by atoms with Crippen molar-refractivity contribution in [1.82, 2.24) is 4.98 Å². The molecule has 2 aromatic rings. The number of aromatic carboxylic acids is 2. The van der Waals surface area contributed by atoms with Crippen LogP contribution in [0.4, 0.5) is 0 Å². The van der Waals surface area contributed by atoms with Gasteiger partial charge in [0.05, 0.1) is 0 Å². The molecule has 0 saturated carbocycles. The van der Waals surface area contributed by atoms with E-state index in [1.54, 1.807) is 25.1 Å². The lowest BCUT2D eigenvalue weighted by Crippen LogP contribution is -2.05. The zero-order chi connectivity index (χ0) is 14.2. The summed E-state index contributed by atoms with van der Waals surface area (Å²) >= 11 is 5.80. The molecule has 19 heavy (non-hydrogen) atoms. The van der Waals surface area contributed by atoms with Crippen molar-refractivity contribution in [1.29, 1.82) is 0 Å². The number of carboxylic acid groups (broad SMARTS) is 2. The van der Waals surface area contributed by atoms with Gasteiger partial charge in [-0.15, -0.1) is 0 Å². The Hall–Kier alpha value is -2.34. The molecule has 0 unspecified atom stereocenters.